The second-order valence-corrected chi connectivity index (χ2v) is 2.04. The number of nitrogens with two attached hydrogens (primary N) is 2. The van der Waals surface area contributed by atoms with E-state index in [0.29, 0.717) is 13.0 Å². The zero-order valence-electron chi connectivity index (χ0n) is 6.86. The molecule has 0 aromatic heterocycles. The number of hydrogen-bond acceptors (Lipinski definition) is 4. The molecule has 1 unspecified atom stereocenters. The first-order chi connectivity index (χ1) is 5.41. The number of aliphatic carboxylic acids is 2. The molecule has 12 heavy (non-hydrogen) atoms. The largest absolute Gasteiger partial charge is 0.481 e. The second kappa shape index (κ2) is 7.96. The number of carbonyl (C=O) groups is 2. The molecule has 0 bridgehead atoms. The van der Waals surface area contributed by atoms with Gasteiger partial charge in [-0.25, -0.2) is 0 Å². The molecule has 0 saturated carbocycles. The Morgan fingerprint density at radius 2 is 1.75 bits per heavy atom. The molecular formula is C6H14N2O4. The molecule has 1 atom stereocenters. The Morgan fingerprint density at radius 1 is 1.42 bits per heavy atom. The Balaban J connectivity index is 0. The molecular weight excluding hydrogens is 164 g/mol. The van der Waals surface area contributed by atoms with E-state index in [1.807, 2.05) is 0 Å². The molecule has 72 valence electrons. The van der Waals surface area contributed by atoms with Gasteiger partial charge in [0, 0.05) is 6.92 Å². The predicted octanol–water partition coefficient (Wildman–Crippen LogP) is -1.16. The number of hydrogen-bond donors (Lipinski definition) is 4. The molecule has 0 aliphatic rings. The molecule has 0 rings (SSSR count). The second-order valence-electron chi connectivity index (χ2n) is 2.04. The zero-order chi connectivity index (χ0) is 10.1. The highest BCUT2D eigenvalue weighted by molar-refractivity contribution is 5.72. The molecule has 0 spiro atoms. The minimum Gasteiger partial charge on any atom is -0.481 e. The van der Waals surface area contributed by atoms with Crippen molar-refractivity contribution in [2.45, 2.75) is 19.4 Å². The van der Waals surface area contributed by atoms with E-state index >= 15 is 0 Å². The number of rotatable bonds is 3. The van der Waals surface area contributed by atoms with E-state index in [4.69, 9.17) is 26.5 Å². The summed E-state index contributed by atoms with van der Waals surface area (Å²) in [6.07, 6.45) is 0.343. The van der Waals surface area contributed by atoms with Crippen molar-refractivity contribution in [3.05, 3.63) is 0 Å². The Bertz CT molecular complexity index is 144. The molecule has 0 aromatic rings. The van der Waals surface area contributed by atoms with Crippen molar-refractivity contribution in [1.82, 2.24) is 0 Å². The van der Waals surface area contributed by atoms with Crippen LogP contribution in [0.4, 0.5) is 0 Å². The smallest absolute Gasteiger partial charge is 0.320 e. The molecule has 6 heteroatoms. The van der Waals surface area contributed by atoms with Crippen LogP contribution in [-0.2, 0) is 9.59 Å². The lowest BCUT2D eigenvalue weighted by Crippen LogP contribution is -2.32. The summed E-state index contributed by atoms with van der Waals surface area (Å²) in [4.78, 5) is 18.9. The normalized spacial score (nSPS) is 10.9. The van der Waals surface area contributed by atoms with Gasteiger partial charge in [-0.2, -0.15) is 0 Å². The van der Waals surface area contributed by atoms with E-state index < -0.39 is 18.0 Å². The fourth-order valence-electron chi connectivity index (χ4n) is 0.303. The molecule has 6 N–H and O–H groups in total. The summed E-state index contributed by atoms with van der Waals surface area (Å²) < 4.78 is 0. The van der Waals surface area contributed by atoms with Crippen molar-refractivity contribution in [3.8, 4) is 0 Å². The van der Waals surface area contributed by atoms with E-state index in [0.717, 1.165) is 6.92 Å². The SMILES string of the molecule is CC(=O)O.NCCC(N)C(=O)O. The van der Waals surface area contributed by atoms with Gasteiger partial charge in [0.1, 0.15) is 6.04 Å². The Labute approximate surface area is 70.2 Å². The van der Waals surface area contributed by atoms with Gasteiger partial charge in [0.15, 0.2) is 0 Å². The third-order valence-electron chi connectivity index (χ3n) is 0.795. The quantitative estimate of drug-likeness (QED) is 0.431. The van der Waals surface area contributed by atoms with Gasteiger partial charge in [-0.05, 0) is 13.0 Å². The van der Waals surface area contributed by atoms with Crippen molar-refractivity contribution in [1.29, 1.82) is 0 Å². The molecule has 0 aliphatic heterocycles. The average Bonchev–Trinajstić information content (AvgIpc) is 1.86. The standard InChI is InChI=1S/C4H10N2O2.C2H4O2/c5-2-1-3(6)4(7)8;1-2(3)4/h3H,1-2,5-6H2,(H,7,8);1H3,(H,3,4). The van der Waals surface area contributed by atoms with E-state index in [2.05, 4.69) is 0 Å². The maximum atomic E-state index is 9.91. The molecule has 0 aromatic carbocycles. The lowest BCUT2D eigenvalue weighted by atomic mass is 10.2. The summed E-state index contributed by atoms with van der Waals surface area (Å²) in [5.74, 6) is -1.82. The van der Waals surface area contributed by atoms with Crippen molar-refractivity contribution >= 4 is 11.9 Å². The van der Waals surface area contributed by atoms with Crippen LogP contribution in [-0.4, -0.2) is 34.7 Å². The number of carboxylic acids is 2. The van der Waals surface area contributed by atoms with Crippen molar-refractivity contribution in [2.75, 3.05) is 6.54 Å². The highest BCUT2D eigenvalue weighted by Gasteiger charge is 2.07. The van der Waals surface area contributed by atoms with Crippen molar-refractivity contribution in [2.24, 2.45) is 11.5 Å². The molecule has 0 amide bonds. The maximum absolute atomic E-state index is 9.91. The van der Waals surface area contributed by atoms with Gasteiger partial charge < -0.3 is 21.7 Å². The van der Waals surface area contributed by atoms with Crippen molar-refractivity contribution < 1.29 is 19.8 Å². The third-order valence-corrected chi connectivity index (χ3v) is 0.795. The predicted molar refractivity (Wildman–Crippen MR) is 42.6 cm³/mol. The number of carboxylic acid groups (broad SMARTS) is 2. The summed E-state index contributed by atoms with van der Waals surface area (Å²) in [5, 5.41) is 15.5. The van der Waals surface area contributed by atoms with Gasteiger partial charge in [0.2, 0.25) is 0 Å². The molecule has 0 heterocycles. The summed E-state index contributed by atoms with van der Waals surface area (Å²) in [6.45, 7) is 1.41. The lowest BCUT2D eigenvalue weighted by Gasteiger charge is -2.00. The first-order valence-corrected chi connectivity index (χ1v) is 3.29. The van der Waals surface area contributed by atoms with Gasteiger partial charge in [-0.3, -0.25) is 9.59 Å². The highest BCUT2D eigenvalue weighted by atomic mass is 16.4. The van der Waals surface area contributed by atoms with Crippen LogP contribution in [0.1, 0.15) is 13.3 Å². The highest BCUT2D eigenvalue weighted by Crippen LogP contribution is 1.82. The van der Waals surface area contributed by atoms with E-state index in [-0.39, 0.29) is 0 Å². The van der Waals surface area contributed by atoms with Crippen LogP contribution < -0.4 is 11.5 Å². The van der Waals surface area contributed by atoms with E-state index in [1.54, 1.807) is 0 Å². The Morgan fingerprint density at radius 3 is 1.83 bits per heavy atom. The lowest BCUT2D eigenvalue weighted by molar-refractivity contribution is -0.138. The van der Waals surface area contributed by atoms with Crippen LogP contribution in [0, 0.1) is 0 Å². The average molecular weight is 178 g/mol. The van der Waals surface area contributed by atoms with E-state index in [9.17, 15) is 4.79 Å². The van der Waals surface area contributed by atoms with Crippen LogP contribution in [0.5, 0.6) is 0 Å². The van der Waals surface area contributed by atoms with Gasteiger partial charge in [0.25, 0.3) is 5.97 Å². The molecule has 0 saturated heterocycles. The zero-order valence-corrected chi connectivity index (χ0v) is 6.86. The van der Waals surface area contributed by atoms with Crippen LogP contribution in [0.15, 0.2) is 0 Å². The summed E-state index contributed by atoms with van der Waals surface area (Å²) in [7, 11) is 0. The van der Waals surface area contributed by atoms with Gasteiger partial charge in [-0.1, -0.05) is 0 Å². The molecule has 6 nitrogen and oxygen atoms in total. The topological polar surface area (TPSA) is 127 Å². The third kappa shape index (κ3) is 15.9. The Kier molecular flexibility index (Phi) is 8.92. The summed E-state index contributed by atoms with van der Waals surface area (Å²) >= 11 is 0. The first kappa shape index (κ1) is 13.4. The first-order valence-electron chi connectivity index (χ1n) is 3.29. The molecule has 0 aliphatic carbocycles. The van der Waals surface area contributed by atoms with Gasteiger partial charge in [0.05, 0.1) is 0 Å². The maximum Gasteiger partial charge on any atom is 0.320 e. The van der Waals surface area contributed by atoms with Crippen LogP contribution in [0.3, 0.4) is 0 Å². The summed E-state index contributed by atoms with van der Waals surface area (Å²) in [5.41, 5.74) is 10.1. The van der Waals surface area contributed by atoms with Gasteiger partial charge >= 0.3 is 5.97 Å². The fourth-order valence-corrected chi connectivity index (χ4v) is 0.303. The van der Waals surface area contributed by atoms with Crippen molar-refractivity contribution in [3.63, 3.8) is 0 Å². The monoisotopic (exact) mass is 178 g/mol. The molecule has 0 radical (unpaired) electrons. The van der Waals surface area contributed by atoms with Crippen LogP contribution in [0.2, 0.25) is 0 Å². The molecule has 0 fully saturated rings. The van der Waals surface area contributed by atoms with E-state index in [1.165, 1.54) is 0 Å². The Hall–Kier alpha value is -1.14. The van der Waals surface area contributed by atoms with Gasteiger partial charge in [-0.15, -0.1) is 0 Å². The fraction of sp³-hybridized carbons (Fsp3) is 0.667. The minimum absolute atomic E-state index is 0.327. The summed E-state index contributed by atoms with van der Waals surface area (Å²) in [6, 6.07) is -0.792. The van der Waals surface area contributed by atoms with Crippen LogP contribution in [0.25, 0.3) is 0 Å². The van der Waals surface area contributed by atoms with Crippen LogP contribution >= 0.6 is 0 Å². The minimum atomic E-state index is -0.990.